The number of benzene rings is 2. The predicted octanol–water partition coefficient (Wildman–Crippen LogP) is 3.76. The first-order valence-corrected chi connectivity index (χ1v) is 7.58. The van der Waals surface area contributed by atoms with Gasteiger partial charge in [-0.2, -0.15) is 0 Å². The lowest BCUT2D eigenvalue weighted by Gasteiger charge is -2.12. The summed E-state index contributed by atoms with van der Waals surface area (Å²) in [5.74, 6) is 0.126. The molecule has 0 amide bonds. The van der Waals surface area contributed by atoms with Crippen molar-refractivity contribution in [3.8, 4) is 11.5 Å². The van der Waals surface area contributed by atoms with Gasteiger partial charge in [0.25, 0.3) is 0 Å². The Bertz CT molecular complexity index is 808. The average Bonchev–Trinajstić information content (AvgIpc) is 3.09. The molecule has 0 bridgehead atoms. The van der Waals surface area contributed by atoms with Gasteiger partial charge >= 0.3 is 5.97 Å². The molecule has 0 saturated heterocycles. The zero-order valence-electron chi connectivity index (χ0n) is 13.6. The Balaban J connectivity index is 1.61. The number of hydrogen-bond donors (Lipinski definition) is 0. The molecule has 3 aromatic rings. The minimum absolute atomic E-state index is 0.0740. The van der Waals surface area contributed by atoms with E-state index < -0.39 is 0 Å². The number of oxazole rings is 1. The van der Waals surface area contributed by atoms with Crippen molar-refractivity contribution in [3.05, 3.63) is 72.1 Å². The molecule has 2 aromatic carbocycles. The van der Waals surface area contributed by atoms with E-state index in [4.69, 9.17) is 9.15 Å². The SMILES string of the molecule is CN(C)c1ccc(C(=O)OCc2coc(-c3ccccc3)n2)cc1. The Morgan fingerprint density at radius 3 is 2.46 bits per heavy atom. The molecule has 0 aliphatic heterocycles. The van der Waals surface area contributed by atoms with Gasteiger partial charge in [-0.25, -0.2) is 9.78 Å². The number of carbonyl (C=O) groups excluding carboxylic acids is 1. The van der Waals surface area contributed by atoms with Gasteiger partial charge in [0.15, 0.2) is 0 Å². The molecule has 5 heteroatoms. The Kier molecular flexibility index (Phi) is 4.61. The molecule has 24 heavy (non-hydrogen) atoms. The summed E-state index contributed by atoms with van der Waals surface area (Å²) in [4.78, 5) is 18.4. The normalized spacial score (nSPS) is 10.4. The fourth-order valence-electron chi connectivity index (χ4n) is 2.21. The summed E-state index contributed by atoms with van der Waals surface area (Å²) >= 11 is 0. The van der Waals surface area contributed by atoms with Crippen molar-refractivity contribution in [1.29, 1.82) is 0 Å². The number of rotatable bonds is 5. The Morgan fingerprint density at radius 1 is 1.08 bits per heavy atom. The molecule has 0 fully saturated rings. The van der Waals surface area contributed by atoms with Gasteiger partial charge in [0.1, 0.15) is 18.6 Å². The van der Waals surface area contributed by atoms with Gasteiger partial charge in [0, 0.05) is 25.3 Å². The molecule has 5 nitrogen and oxygen atoms in total. The molecule has 0 saturated carbocycles. The first-order valence-electron chi connectivity index (χ1n) is 7.58. The molecule has 1 aromatic heterocycles. The molecule has 0 radical (unpaired) electrons. The molecule has 122 valence electrons. The van der Waals surface area contributed by atoms with E-state index in [9.17, 15) is 4.79 Å². The van der Waals surface area contributed by atoms with E-state index in [1.807, 2.05) is 61.5 Å². The summed E-state index contributed by atoms with van der Waals surface area (Å²) in [5.41, 5.74) is 2.99. The lowest BCUT2D eigenvalue weighted by atomic mass is 10.2. The quantitative estimate of drug-likeness (QED) is 0.669. The topological polar surface area (TPSA) is 55.6 Å². The number of hydrogen-bond acceptors (Lipinski definition) is 5. The molecular weight excluding hydrogens is 304 g/mol. The Labute approximate surface area is 140 Å². The lowest BCUT2D eigenvalue weighted by molar-refractivity contribution is 0.0468. The van der Waals surface area contributed by atoms with E-state index in [0.29, 0.717) is 17.1 Å². The molecule has 0 spiro atoms. The smallest absolute Gasteiger partial charge is 0.338 e. The van der Waals surface area contributed by atoms with Gasteiger partial charge in [-0.1, -0.05) is 18.2 Å². The van der Waals surface area contributed by atoms with Crippen LogP contribution in [0.4, 0.5) is 5.69 Å². The van der Waals surface area contributed by atoms with E-state index in [0.717, 1.165) is 11.3 Å². The second kappa shape index (κ2) is 7.00. The van der Waals surface area contributed by atoms with E-state index >= 15 is 0 Å². The molecule has 3 rings (SSSR count). The second-order valence-electron chi connectivity index (χ2n) is 5.53. The first-order chi connectivity index (χ1) is 11.6. The molecule has 0 unspecified atom stereocenters. The van der Waals surface area contributed by atoms with Crippen molar-refractivity contribution in [3.63, 3.8) is 0 Å². The highest BCUT2D eigenvalue weighted by atomic mass is 16.5. The maximum absolute atomic E-state index is 12.1. The van der Waals surface area contributed by atoms with Crippen LogP contribution in [0.2, 0.25) is 0 Å². The van der Waals surface area contributed by atoms with Gasteiger partial charge in [-0.3, -0.25) is 0 Å². The fourth-order valence-corrected chi connectivity index (χ4v) is 2.21. The van der Waals surface area contributed by atoms with Crippen LogP contribution in [0, 0.1) is 0 Å². The standard InChI is InChI=1S/C19H18N2O3/c1-21(2)17-10-8-15(9-11-17)19(22)24-13-16-12-23-18(20-16)14-6-4-3-5-7-14/h3-12H,13H2,1-2H3. The van der Waals surface area contributed by atoms with Gasteiger partial charge in [0.2, 0.25) is 5.89 Å². The minimum atomic E-state index is -0.385. The highest BCUT2D eigenvalue weighted by molar-refractivity contribution is 5.89. The van der Waals surface area contributed by atoms with Crippen LogP contribution in [-0.2, 0) is 11.3 Å². The molecule has 0 N–H and O–H groups in total. The van der Waals surface area contributed by atoms with Crippen LogP contribution in [0.1, 0.15) is 16.1 Å². The molecule has 0 aliphatic carbocycles. The van der Waals surface area contributed by atoms with Crippen LogP contribution >= 0.6 is 0 Å². The second-order valence-corrected chi connectivity index (χ2v) is 5.53. The van der Waals surface area contributed by atoms with Crippen LogP contribution in [0.25, 0.3) is 11.5 Å². The van der Waals surface area contributed by atoms with Crippen molar-refractivity contribution in [2.75, 3.05) is 19.0 Å². The van der Waals surface area contributed by atoms with Gasteiger partial charge < -0.3 is 14.1 Å². The molecule has 1 heterocycles. The van der Waals surface area contributed by atoms with E-state index in [-0.39, 0.29) is 12.6 Å². The monoisotopic (exact) mass is 322 g/mol. The van der Waals surface area contributed by atoms with Gasteiger partial charge in [0.05, 0.1) is 5.56 Å². The molecule has 0 atom stereocenters. The van der Waals surface area contributed by atoms with E-state index in [1.54, 1.807) is 12.1 Å². The first kappa shape index (κ1) is 15.8. The summed E-state index contributed by atoms with van der Waals surface area (Å²) in [5, 5.41) is 0. The van der Waals surface area contributed by atoms with Crippen molar-refractivity contribution in [2.24, 2.45) is 0 Å². The van der Waals surface area contributed by atoms with Crippen LogP contribution in [0.15, 0.2) is 65.3 Å². The van der Waals surface area contributed by atoms with Crippen molar-refractivity contribution in [1.82, 2.24) is 4.98 Å². The van der Waals surface area contributed by atoms with Crippen molar-refractivity contribution < 1.29 is 13.9 Å². The fraction of sp³-hybridized carbons (Fsp3) is 0.158. The van der Waals surface area contributed by atoms with E-state index in [1.165, 1.54) is 6.26 Å². The summed E-state index contributed by atoms with van der Waals surface area (Å²) in [6.07, 6.45) is 1.50. The zero-order chi connectivity index (χ0) is 16.9. The van der Waals surface area contributed by atoms with Crippen LogP contribution in [-0.4, -0.2) is 25.0 Å². The third kappa shape index (κ3) is 3.63. The maximum Gasteiger partial charge on any atom is 0.338 e. The number of nitrogens with zero attached hydrogens (tertiary/aromatic N) is 2. The number of aromatic nitrogens is 1. The molecular formula is C19H18N2O3. The summed E-state index contributed by atoms with van der Waals surface area (Å²) in [6.45, 7) is 0.0740. The number of ether oxygens (including phenoxy) is 1. The van der Waals surface area contributed by atoms with Crippen molar-refractivity contribution >= 4 is 11.7 Å². The maximum atomic E-state index is 12.1. The number of carbonyl (C=O) groups is 1. The highest BCUT2D eigenvalue weighted by Crippen LogP contribution is 2.19. The Hall–Kier alpha value is -3.08. The van der Waals surface area contributed by atoms with Gasteiger partial charge in [-0.15, -0.1) is 0 Å². The number of esters is 1. The third-order valence-corrected chi connectivity index (χ3v) is 3.54. The zero-order valence-corrected chi connectivity index (χ0v) is 13.6. The van der Waals surface area contributed by atoms with Crippen molar-refractivity contribution in [2.45, 2.75) is 6.61 Å². The number of anilines is 1. The van der Waals surface area contributed by atoms with Gasteiger partial charge in [-0.05, 0) is 36.4 Å². The predicted molar refractivity (Wildman–Crippen MR) is 91.8 cm³/mol. The van der Waals surface area contributed by atoms with Crippen LogP contribution < -0.4 is 4.90 Å². The average molecular weight is 322 g/mol. The van der Waals surface area contributed by atoms with Crippen LogP contribution in [0.3, 0.4) is 0 Å². The lowest BCUT2D eigenvalue weighted by Crippen LogP contribution is -2.09. The van der Waals surface area contributed by atoms with Crippen LogP contribution in [0.5, 0.6) is 0 Å². The summed E-state index contributed by atoms with van der Waals surface area (Å²) in [7, 11) is 3.89. The molecule has 0 aliphatic rings. The Morgan fingerprint density at radius 2 is 1.79 bits per heavy atom. The summed E-state index contributed by atoms with van der Waals surface area (Å²) in [6, 6.07) is 16.8. The van der Waals surface area contributed by atoms with E-state index in [2.05, 4.69) is 4.98 Å². The summed E-state index contributed by atoms with van der Waals surface area (Å²) < 4.78 is 10.7. The third-order valence-electron chi connectivity index (χ3n) is 3.54. The largest absolute Gasteiger partial charge is 0.455 e. The minimum Gasteiger partial charge on any atom is -0.455 e. The highest BCUT2D eigenvalue weighted by Gasteiger charge is 2.11.